The molecule has 79 heavy (non-hydrogen) atoms. The molecule has 14 nitrogen and oxygen atoms in total. The number of carbonyl (C=O) groups excluding carboxylic acids is 4. The number of piperidine rings is 2. The zero-order chi connectivity index (χ0) is 55.4. The van der Waals surface area contributed by atoms with Gasteiger partial charge in [0.25, 0.3) is 0 Å². The minimum Gasteiger partial charge on any atom is -0.480 e. The Kier molecular flexibility index (Phi) is 15.0. The third-order valence-electron chi connectivity index (χ3n) is 17.3. The third kappa shape index (κ3) is 10.2. The van der Waals surface area contributed by atoms with Crippen molar-refractivity contribution in [1.29, 1.82) is 0 Å². The van der Waals surface area contributed by atoms with Crippen LogP contribution in [0.4, 0.5) is 28.2 Å². The second-order valence-corrected chi connectivity index (χ2v) is 22.5. The molecule has 19 heteroatoms. The molecule has 0 radical (unpaired) electrons. The summed E-state index contributed by atoms with van der Waals surface area (Å²) in [6.07, 6.45) is 5.86. The molecule has 2 atom stereocenters. The highest BCUT2D eigenvalue weighted by Gasteiger charge is 2.50. The topological polar surface area (TPSA) is 164 Å². The van der Waals surface area contributed by atoms with E-state index in [0.717, 1.165) is 43.4 Å². The van der Waals surface area contributed by atoms with Gasteiger partial charge in [0.05, 0.1) is 16.0 Å². The van der Waals surface area contributed by atoms with Crippen LogP contribution in [0.25, 0.3) is 22.0 Å². The fourth-order valence-corrected chi connectivity index (χ4v) is 13.2. The van der Waals surface area contributed by atoms with Crippen molar-refractivity contribution in [2.75, 3.05) is 50.7 Å². The van der Waals surface area contributed by atoms with E-state index < -0.39 is 52.6 Å². The SMILES string of the molecule is Cc1ccc(Oc2ccc(C(N)=O)c(-c3c(Cl)c(F)cc4c3C(C)C(CNC3CCC(C(=O)N5CCC(CN6CCC(c7c(F)cc8c(N9CCC(=O)NC9=O)nn(C)c8c7F)CC6)CC5)CC3)(c3ccccc3)O4)c2F)cc1. The van der Waals surface area contributed by atoms with Gasteiger partial charge in [-0.3, -0.25) is 29.3 Å². The lowest BCUT2D eigenvalue weighted by atomic mass is 9.77. The molecule has 414 valence electrons. The minimum atomic E-state index is -1.13. The van der Waals surface area contributed by atoms with Crippen LogP contribution in [-0.2, 0) is 22.2 Å². The number of rotatable bonds is 13. The van der Waals surface area contributed by atoms with Crippen LogP contribution in [0.1, 0.15) is 109 Å². The number of nitrogens with two attached hydrogens (primary N) is 1. The molecule has 3 saturated heterocycles. The summed E-state index contributed by atoms with van der Waals surface area (Å²) in [5.74, 6) is -4.49. The Bertz CT molecular complexity index is 3360. The predicted molar refractivity (Wildman–Crippen MR) is 291 cm³/mol. The highest BCUT2D eigenvalue weighted by molar-refractivity contribution is 6.34. The van der Waals surface area contributed by atoms with Gasteiger partial charge < -0.3 is 30.3 Å². The number of ether oxygens (including phenoxy) is 2. The van der Waals surface area contributed by atoms with Crippen LogP contribution in [0.15, 0.2) is 78.9 Å². The van der Waals surface area contributed by atoms with Crippen LogP contribution in [-0.4, -0.2) is 95.2 Å². The zero-order valence-corrected chi connectivity index (χ0v) is 45.1. The maximum absolute atomic E-state index is 17.0. The largest absolute Gasteiger partial charge is 0.480 e. The molecule has 11 rings (SSSR count). The van der Waals surface area contributed by atoms with Gasteiger partial charge in [-0.1, -0.05) is 66.6 Å². The molecule has 0 bridgehead atoms. The molecule has 4 N–H and O–H groups in total. The maximum atomic E-state index is 17.0. The van der Waals surface area contributed by atoms with Crippen LogP contribution in [0.5, 0.6) is 17.2 Å². The zero-order valence-electron chi connectivity index (χ0n) is 44.4. The average molecular weight is 1100 g/mol. The number of amides is 5. The first-order valence-corrected chi connectivity index (χ1v) is 27.7. The summed E-state index contributed by atoms with van der Waals surface area (Å²) in [5, 5.41) is 10.1. The number of aryl methyl sites for hydroxylation is 2. The quantitative estimate of drug-likeness (QED) is 0.0955. The molecule has 5 amide bonds. The van der Waals surface area contributed by atoms with E-state index in [1.54, 1.807) is 19.2 Å². The first-order valence-electron chi connectivity index (χ1n) is 27.3. The van der Waals surface area contributed by atoms with Gasteiger partial charge in [-0.2, -0.15) is 5.10 Å². The molecule has 4 aliphatic heterocycles. The lowest BCUT2D eigenvalue weighted by molar-refractivity contribution is -0.138. The summed E-state index contributed by atoms with van der Waals surface area (Å²) in [5.41, 5.74) is 6.57. The summed E-state index contributed by atoms with van der Waals surface area (Å²) in [6.45, 7) is 7.76. The number of hydrogen-bond acceptors (Lipinski definition) is 9. The fraction of sp³-hybridized carbons (Fsp3) is 0.417. The number of aromatic nitrogens is 2. The molecule has 2 unspecified atom stereocenters. The molecule has 1 aliphatic carbocycles. The minimum absolute atomic E-state index is 0.0374. The van der Waals surface area contributed by atoms with Crippen molar-refractivity contribution in [2.24, 2.45) is 24.6 Å². The van der Waals surface area contributed by atoms with E-state index in [0.29, 0.717) is 69.1 Å². The number of primary amides is 1. The van der Waals surface area contributed by atoms with Crippen molar-refractivity contribution in [2.45, 2.75) is 95.1 Å². The molecule has 5 heterocycles. The molecule has 1 aromatic heterocycles. The van der Waals surface area contributed by atoms with Gasteiger partial charge in [-0.15, -0.1) is 0 Å². The molecule has 5 aliphatic rings. The van der Waals surface area contributed by atoms with E-state index in [4.69, 9.17) is 26.8 Å². The monoisotopic (exact) mass is 1100 g/mol. The number of carbonyl (C=O) groups is 4. The molecular formula is C60H63ClF4N8O6. The number of urea groups is 1. The smallest absolute Gasteiger partial charge is 0.329 e. The predicted octanol–water partition coefficient (Wildman–Crippen LogP) is 10.8. The number of halogens is 5. The number of imide groups is 1. The van der Waals surface area contributed by atoms with Crippen LogP contribution in [0.2, 0.25) is 5.02 Å². The van der Waals surface area contributed by atoms with E-state index in [1.807, 2.05) is 61.2 Å². The first kappa shape index (κ1) is 54.0. The second-order valence-electron chi connectivity index (χ2n) is 22.1. The molecular weight excluding hydrogens is 1040 g/mol. The number of benzene rings is 5. The number of likely N-dealkylation sites (tertiary alicyclic amines) is 2. The third-order valence-corrected chi connectivity index (χ3v) is 17.7. The summed E-state index contributed by atoms with van der Waals surface area (Å²) < 4.78 is 79.4. The van der Waals surface area contributed by atoms with Crippen LogP contribution >= 0.6 is 11.6 Å². The lowest BCUT2D eigenvalue weighted by Crippen LogP contribution is -2.49. The van der Waals surface area contributed by atoms with Gasteiger partial charge in [0.1, 0.15) is 28.7 Å². The number of nitrogens with zero attached hydrogens (tertiary/aromatic N) is 5. The van der Waals surface area contributed by atoms with Crippen molar-refractivity contribution in [3.8, 4) is 28.4 Å². The van der Waals surface area contributed by atoms with Gasteiger partial charge in [-0.05, 0) is 119 Å². The van der Waals surface area contributed by atoms with Crippen LogP contribution in [0, 0.1) is 42.0 Å². The van der Waals surface area contributed by atoms with Crippen molar-refractivity contribution in [3.63, 3.8) is 0 Å². The normalized spacial score (nSPS) is 22.3. The van der Waals surface area contributed by atoms with Gasteiger partial charge in [-0.25, -0.2) is 22.4 Å². The summed E-state index contributed by atoms with van der Waals surface area (Å²) in [7, 11) is 1.56. The lowest BCUT2D eigenvalue weighted by Gasteiger charge is -2.40. The van der Waals surface area contributed by atoms with E-state index in [2.05, 4.69) is 20.6 Å². The Morgan fingerprint density at radius 2 is 1.56 bits per heavy atom. The molecule has 4 fully saturated rings. The first-order chi connectivity index (χ1) is 38.0. The number of fused-ring (bicyclic) bond motifs is 2. The van der Waals surface area contributed by atoms with Crippen molar-refractivity contribution in [3.05, 3.63) is 135 Å². The highest BCUT2D eigenvalue weighted by Crippen LogP contribution is 2.57. The fourth-order valence-electron chi connectivity index (χ4n) is 12.9. The van der Waals surface area contributed by atoms with E-state index in [1.165, 1.54) is 33.8 Å². The Balaban J connectivity index is 0.704. The number of hydrogen-bond donors (Lipinski definition) is 3. The van der Waals surface area contributed by atoms with Crippen molar-refractivity contribution >= 4 is 52.1 Å². The second kappa shape index (κ2) is 21.9. The molecule has 5 aromatic carbocycles. The van der Waals surface area contributed by atoms with Gasteiger partial charge >= 0.3 is 6.03 Å². The highest BCUT2D eigenvalue weighted by atomic mass is 35.5. The summed E-state index contributed by atoms with van der Waals surface area (Å²) >= 11 is 6.83. The molecule has 0 spiro atoms. The number of anilines is 1. The van der Waals surface area contributed by atoms with Gasteiger partial charge in [0, 0.05) is 92.4 Å². The van der Waals surface area contributed by atoms with E-state index >= 15 is 17.6 Å². The van der Waals surface area contributed by atoms with Gasteiger partial charge in [0.2, 0.25) is 17.7 Å². The Morgan fingerprint density at radius 1 is 0.848 bits per heavy atom. The van der Waals surface area contributed by atoms with Gasteiger partial charge in [0.15, 0.2) is 28.8 Å². The number of nitrogens with one attached hydrogen (secondary N) is 2. The Labute approximate surface area is 460 Å². The van der Waals surface area contributed by atoms with E-state index in [9.17, 15) is 19.2 Å². The molecule has 1 saturated carbocycles. The van der Waals surface area contributed by atoms with E-state index in [-0.39, 0.29) is 98.8 Å². The Morgan fingerprint density at radius 3 is 2.24 bits per heavy atom. The summed E-state index contributed by atoms with van der Waals surface area (Å²) in [6, 6.07) is 21.1. The van der Waals surface area contributed by atoms with Crippen LogP contribution in [0.3, 0.4) is 0 Å². The molecule has 6 aromatic rings. The maximum Gasteiger partial charge on any atom is 0.329 e. The summed E-state index contributed by atoms with van der Waals surface area (Å²) in [4.78, 5) is 57.0. The van der Waals surface area contributed by atoms with Crippen molar-refractivity contribution < 1.29 is 46.2 Å². The standard InChI is InChI=1S/C60H63ClF4N8O6/c1-33-9-15-40(16-10-33)78-45-18-17-41(56(66)75)50(53(45)64)51-48-34(2)60(38-7-5-4-6-8-38,79-46(48)30-44(63)52(51)61)32-67-39-13-11-37(12-14-39)58(76)72-26-19-35(20-27-72)31-71-24-21-36(22-25-71)49-43(62)29-42-55(54(49)65)70(3)69-57(42)73-28-23-47(74)68-59(73)77/h4-10,15-18,29-30,34-37,39,67H,11-14,19-28,31-32H2,1-3H3,(H2,66,75)(H,68,74,77). The average Bonchev–Trinajstić information content (AvgIpc) is 4.05. The van der Waals surface area contributed by atoms with Crippen molar-refractivity contribution in [1.82, 2.24) is 30.2 Å². The Hall–Kier alpha value is -7.02. The van der Waals surface area contributed by atoms with Crippen LogP contribution < -0.4 is 30.7 Å².